The molecule has 0 radical (unpaired) electrons. The van der Waals surface area contributed by atoms with E-state index in [-0.39, 0.29) is 11.9 Å². The Morgan fingerprint density at radius 1 is 1.39 bits per heavy atom. The molecule has 1 atom stereocenters. The molecule has 0 fully saturated rings. The lowest BCUT2D eigenvalue weighted by Crippen LogP contribution is -2.36. The van der Waals surface area contributed by atoms with Gasteiger partial charge < -0.3 is 10.6 Å². The fourth-order valence-corrected chi connectivity index (χ4v) is 3.88. The summed E-state index contributed by atoms with van der Waals surface area (Å²) in [6.07, 6.45) is 2.41. The number of anilines is 1. The fourth-order valence-electron chi connectivity index (χ4n) is 2.89. The molecule has 1 aromatic carbocycles. The first kappa shape index (κ1) is 16.1. The van der Waals surface area contributed by atoms with Gasteiger partial charge in [-0.3, -0.25) is 4.79 Å². The van der Waals surface area contributed by atoms with E-state index >= 15 is 0 Å². The highest BCUT2D eigenvalue weighted by Crippen LogP contribution is 2.28. The van der Waals surface area contributed by atoms with Gasteiger partial charge in [0.25, 0.3) is 0 Å². The number of amides is 1. The third-order valence-electron chi connectivity index (χ3n) is 4.32. The number of aromatic nitrogens is 1. The summed E-state index contributed by atoms with van der Waals surface area (Å²) in [4.78, 5) is 19.2. The Morgan fingerprint density at radius 2 is 2.17 bits per heavy atom. The second kappa shape index (κ2) is 6.81. The lowest BCUT2D eigenvalue weighted by molar-refractivity contribution is -0.118. The van der Waals surface area contributed by atoms with Crippen molar-refractivity contribution in [3.05, 3.63) is 45.9 Å². The number of benzene rings is 1. The average molecular weight is 329 g/mol. The molecule has 5 heteroatoms. The lowest BCUT2D eigenvalue weighted by atomic mass is 10.0. The van der Waals surface area contributed by atoms with E-state index in [0.29, 0.717) is 12.3 Å². The Labute approximate surface area is 141 Å². The zero-order chi connectivity index (χ0) is 16.4. The molecule has 1 unspecified atom stereocenters. The first-order valence-electron chi connectivity index (χ1n) is 8.14. The summed E-state index contributed by atoms with van der Waals surface area (Å²) in [6, 6.07) is 8.12. The number of para-hydroxylation sites is 1. The maximum Gasteiger partial charge on any atom is 0.233 e. The molecule has 0 saturated heterocycles. The van der Waals surface area contributed by atoms with Crippen LogP contribution < -0.4 is 10.6 Å². The molecule has 3 rings (SSSR count). The van der Waals surface area contributed by atoms with Gasteiger partial charge in [-0.25, -0.2) is 4.98 Å². The Balaban J connectivity index is 1.73. The van der Waals surface area contributed by atoms with Crippen molar-refractivity contribution < 1.29 is 4.79 Å². The monoisotopic (exact) mass is 329 g/mol. The van der Waals surface area contributed by atoms with Gasteiger partial charge in [-0.2, -0.15) is 0 Å². The van der Waals surface area contributed by atoms with Crippen molar-refractivity contribution in [1.29, 1.82) is 0 Å². The van der Waals surface area contributed by atoms with E-state index in [2.05, 4.69) is 24.9 Å². The van der Waals surface area contributed by atoms with Crippen LogP contribution in [0.3, 0.4) is 0 Å². The molecular formula is C18H23N3OS. The van der Waals surface area contributed by atoms with Crippen LogP contribution in [0, 0.1) is 5.92 Å². The smallest absolute Gasteiger partial charge is 0.233 e. The molecule has 0 saturated carbocycles. The van der Waals surface area contributed by atoms with Crippen molar-refractivity contribution >= 4 is 22.9 Å². The van der Waals surface area contributed by atoms with Gasteiger partial charge in [0.05, 0.1) is 18.2 Å². The number of hydrogen-bond donors (Lipinski definition) is 1. The molecule has 23 heavy (non-hydrogen) atoms. The summed E-state index contributed by atoms with van der Waals surface area (Å²) < 4.78 is 0. The summed E-state index contributed by atoms with van der Waals surface area (Å²) in [5.74, 6) is 0.464. The van der Waals surface area contributed by atoms with Crippen molar-refractivity contribution in [3.8, 4) is 0 Å². The van der Waals surface area contributed by atoms with E-state index in [1.54, 1.807) is 11.3 Å². The van der Waals surface area contributed by atoms with Crippen molar-refractivity contribution in [2.45, 2.75) is 39.2 Å². The van der Waals surface area contributed by atoms with Gasteiger partial charge in [0, 0.05) is 17.6 Å². The van der Waals surface area contributed by atoms with Crippen LogP contribution in [0.15, 0.2) is 29.6 Å². The first-order chi connectivity index (χ1) is 11.1. The highest BCUT2D eigenvalue weighted by molar-refractivity contribution is 7.09. The highest BCUT2D eigenvalue weighted by atomic mass is 32.1. The van der Waals surface area contributed by atoms with Crippen LogP contribution in [-0.2, 0) is 17.6 Å². The maximum absolute atomic E-state index is 12.7. The Kier molecular flexibility index (Phi) is 4.78. The minimum absolute atomic E-state index is 0.0560. The van der Waals surface area contributed by atoms with Gasteiger partial charge in [0.2, 0.25) is 5.91 Å². The zero-order valence-electron chi connectivity index (χ0n) is 13.7. The average Bonchev–Trinajstić information content (AvgIpc) is 3.01. The number of nitrogens with zero attached hydrogens (tertiary/aromatic N) is 2. The van der Waals surface area contributed by atoms with Gasteiger partial charge in [-0.15, -0.1) is 11.3 Å². The Hall–Kier alpha value is -1.72. The minimum atomic E-state index is -0.0560. The van der Waals surface area contributed by atoms with Crippen LogP contribution in [0.1, 0.15) is 42.6 Å². The van der Waals surface area contributed by atoms with Crippen LogP contribution >= 0.6 is 11.3 Å². The molecule has 1 amide bonds. The molecule has 2 aromatic rings. The second-order valence-electron chi connectivity index (χ2n) is 6.40. The van der Waals surface area contributed by atoms with Gasteiger partial charge in [0.15, 0.2) is 0 Å². The molecule has 1 aliphatic heterocycles. The number of carbonyl (C=O) groups is 1. The largest absolute Gasteiger partial charge is 0.322 e. The molecule has 0 spiro atoms. The molecular weight excluding hydrogens is 306 g/mol. The van der Waals surface area contributed by atoms with E-state index in [9.17, 15) is 4.79 Å². The maximum atomic E-state index is 12.7. The van der Waals surface area contributed by atoms with Crippen molar-refractivity contribution in [2.24, 2.45) is 11.7 Å². The molecule has 4 nitrogen and oxygen atoms in total. The molecule has 1 aromatic heterocycles. The first-order valence-corrected chi connectivity index (χ1v) is 9.02. The lowest BCUT2D eigenvalue weighted by Gasteiger charge is -2.29. The topological polar surface area (TPSA) is 59.2 Å². The normalized spacial score (nSPS) is 15.6. The standard InChI is InChI=1S/C18H23N3OS/c1-12(2)17(19)18-20-14(11-23-18)10-16(22)21-9-5-7-13-6-3-4-8-15(13)21/h3-4,6,8,11-12,17H,5,7,9-10,19H2,1-2H3. The van der Waals surface area contributed by atoms with Gasteiger partial charge in [-0.1, -0.05) is 32.0 Å². The molecule has 1 aliphatic rings. The number of hydrogen-bond acceptors (Lipinski definition) is 4. The summed E-state index contributed by atoms with van der Waals surface area (Å²) >= 11 is 1.55. The predicted octanol–water partition coefficient (Wildman–Crippen LogP) is 3.32. The summed E-state index contributed by atoms with van der Waals surface area (Å²) in [7, 11) is 0. The zero-order valence-corrected chi connectivity index (χ0v) is 14.5. The van der Waals surface area contributed by atoms with Gasteiger partial charge >= 0.3 is 0 Å². The van der Waals surface area contributed by atoms with E-state index in [0.717, 1.165) is 35.8 Å². The number of rotatable bonds is 4. The van der Waals surface area contributed by atoms with Crippen LogP contribution in [0.5, 0.6) is 0 Å². The molecule has 0 aliphatic carbocycles. The van der Waals surface area contributed by atoms with Crippen LogP contribution in [0.2, 0.25) is 0 Å². The van der Waals surface area contributed by atoms with Crippen LogP contribution in [-0.4, -0.2) is 17.4 Å². The number of thiazole rings is 1. The SMILES string of the molecule is CC(C)C(N)c1nc(CC(=O)N2CCCc3ccccc32)cs1. The van der Waals surface area contributed by atoms with E-state index in [4.69, 9.17) is 5.73 Å². The van der Waals surface area contributed by atoms with E-state index in [1.807, 2.05) is 28.5 Å². The van der Waals surface area contributed by atoms with Crippen LogP contribution in [0.25, 0.3) is 0 Å². The Bertz CT molecular complexity index is 695. The summed E-state index contributed by atoms with van der Waals surface area (Å²) in [5.41, 5.74) is 9.28. The molecule has 122 valence electrons. The van der Waals surface area contributed by atoms with Crippen molar-refractivity contribution in [2.75, 3.05) is 11.4 Å². The number of aryl methyl sites for hydroxylation is 1. The van der Waals surface area contributed by atoms with Crippen molar-refractivity contribution in [1.82, 2.24) is 4.98 Å². The predicted molar refractivity (Wildman–Crippen MR) is 94.7 cm³/mol. The number of fused-ring (bicyclic) bond motifs is 1. The summed E-state index contributed by atoms with van der Waals surface area (Å²) in [6.45, 7) is 4.96. The van der Waals surface area contributed by atoms with Gasteiger partial charge in [0.1, 0.15) is 5.01 Å². The quantitative estimate of drug-likeness (QED) is 0.936. The molecule has 0 bridgehead atoms. The fraction of sp³-hybridized carbons (Fsp3) is 0.444. The van der Waals surface area contributed by atoms with Crippen molar-refractivity contribution in [3.63, 3.8) is 0 Å². The minimum Gasteiger partial charge on any atom is -0.322 e. The third kappa shape index (κ3) is 3.46. The van der Waals surface area contributed by atoms with Crippen LogP contribution in [0.4, 0.5) is 5.69 Å². The van der Waals surface area contributed by atoms with E-state index in [1.165, 1.54) is 5.56 Å². The second-order valence-corrected chi connectivity index (χ2v) is 7.29. The molecule has 2 N–H and O–H groups in total. The molecule has 2 heterocycles. The third-order valence-corrected chi connectivity index (χ3v) is 5.31. The Morgan fingerprint density at radius 3 is 2.96 bits per heavy atom. The van der Waals surface area contributed by atoms with E-state index < -0.39 is 0 Å². The summed E-state index contributed by atoms with van der Waals surface area (Å²) in [5, 5.41) is 2.88. The number of carbonyl (C=O) groups excluding carboxylic acids is 1. The highest BCUT2D eigenvalue weighted by Gasteiger charge is 2.23. The number of nitrogens with two attached hydrogens (primary N) is 1. The van der Waals surface area contributed by atoms with Gasteiger partial charge in [-0.05, 0) is 30.4 Å².